The van der Waals surface area contributed by atoms with Crippen LogP contribution < -0.4 is 0 Å². The summed E-state index contributed by atoms with van der Waals surface area (Å²) in [5, 5.41) is 0. The molecule has 0 saturated heterocycles. The minimum absolute atomic E-state index is 0.597. The summed E-state index contributed by atoms with van der Waals surface area (Å²) >= 11 is 0. The van der Waals surface area contributed by atoms with Gasteiger partial charge >= 0.3 is 0 Å². The van der Waals surface area contributed by atoms with E-state index >= 15 is 0 Å². The maximum Gasteiger partial charge on any atom is 0.0277 e. The second-order valence-corrected chi connectivity index (χ2v) is 4.37. The lowest BCUT2D eigenvalue weighted by Gasteiger charge is -2.26. The van der Waals surface area contributed by atoms with Crippen molar-refractivity contribution in [2.75, 3.05) is 13.6 Å². The maximum atomic E-state index is 3.78. The smallest absolute Gasteiger partial charge is 0.0277 e. The number of hydrogen-bond donors (Lipinski definition) is 0. The van der Waals surface area contributed by atoms with Gasteiger partial charge in [-0.1, -0.05) is 32.1 Å². The monoisotopic (exact) mass is 209 g/mol. The van der Waals surface area contributed by atoms with E-state index in [0.29, 0.717) is 6.04 Å². The van der Waals surface area contributed by atoms with Crippen LogP contribution in [0.2, 0.25) is 0 Å². The SMILES string of the molecule is C=CCCC(C)CC(/C=C\C)N(C)CC. The molecule has 0 fully saturated rings. The summed E-state index contributed by atoms with van der Waals surface area (Å²) in [4.78, 5) is 2.41. The van der Waals surface area contributed by atoms with Crippen LogP contribution in [0, 0.1) is 5.92 Å². The standard InChI is InChI=1S/C14H27N/c1-6-9-11-13(4)12-14(10-7-2)15(5)8-3/h6-7,10,13-14H,1,8-9,11-12H2,2-5H3/b10-7-. The van der Waals surface area contributed by atoms with E-state index < -0.39 is 0 Å². The van der Waals surface area contributed by atoms with Crippen LogP contribution in [0.15, 0.2) is 24.8 Å². The van der Waals surface area contributed by atoms with E-state index in [9.17, 15) is 0 Å². The van der Waals surface area contributed by atoms with Crippen molar-refractivity contribution in [1.82, 2.24) is 4.90 Å². The number of rotatable bonds is 8. The molecule has 0 spiro atoms. The van der Waals surface area contributed by atoms with Crippen LogP contribution in [0.5, 0.6) is 0 Å². The number of hydrogen-bond acceptors (Lipinski definition) is 1. The summed E-state index contributed by atoms with van der Waals surface area (Å²) < 4.78 is 0. The van der Waals surface area contributed by atoms with Crippen LogP contribution in [-0.4, -0.2) is 24.5 Å². The first-order chi connectivity index (χ1) is 7.15. The van der Waals surface area contributed by atoms with Gasteiger partial charge in [0.2, 0.25) is 0 Å². The van der Waals surface area contributed by atoms with Crippen LogP contribution in [-0.2, 0) is 0 Å². The Hall–Kier alpha value is -0.560. The molecule has 1 nitrogen and oxygen atoms in total. The Bertz CT molecular complexity index is 184. The Balaban J connectivity index is 4.08. The van der Waals surface area contributed by atoms with Gasteiger partial charge in [0.1, 0.15) is 0 Å². The molecule has 0 bridgehead atoms. The van der Waals surface area contributed by atoms with Gasteiger partial charge < -0.3 is 4.90 Å². The summed E-state index contributed by atoms with van der Waals surface area (Å²) in [6, 6.07) is 0.597. The lowest BCUT2D eigenvalue weighted by Crippen LogP contribution is -2.31. The first kappa shape index (κ1) is 14.4. The zero-order valence-corrected chi connectivity index (χ0v) is 10.9. The molecule has 1 heteroatoms. The Kier molecular flexibility index (Phi) is 8.40. The van der Waals surface area contributed by atoms with Gasteiger partial charge in [0.15, 0.2) is 0 Å². The van der Waals surface area contributed by atoms with Gasteiger partial charge in [-0.25, -0.2) is 0 Å². The van der Waals surface area contributed by atoms with Crippen molar-refractivity contribution in [3.05, 3.63) is 24.8 Å². The van der Waals surface area contributed by atoms with Crippen molar-refractivity contribution in [3.8, 4) is 0 Å². The minimum atomic E-state index is 0.597. The molecule has 0 aliphatic rings. The molecule has 0 aromatic rings. The lowest BCUT2D eigenvalue weighted by atomic mass is 9.96. The highest BCUT2D eigenvalue weighted by Gasteiger charge is 2.13. The Morgan fingerprint density at radius 2 is 2.07 bits per heavy atom. The maximum absolute atomic E-state index is 3.78. The summed E-state index contributed by atoms with van der Waals surface area (Å²) in [5.41, 5.74) is 0. The zero-order chi connectivity index (χ0) is 11.7. The molecule has 0 radical (unpaired) electrons. The topological polar surface area (TPSA) is 3.24 Å². The van der Waals surface area contributed by atoms with E-state index in [0.717, 1.165) is 18.9 Å². The third kappa shape index (κ3) is 6.51. The molecule has 15 heavy (non-hydrogen) atoms. The largest absolute Gasteiger partial charge is 0.300 e. The van der Waals surface area contributed by atoms with Gasteiger partial charge in [-0.05, 0) is 45.7 Å². The number of likely N-dealkylation sites (N-methyl/N-ethyl adjacent to an activating group) is 1. The molecule has 0 heterocycles. The molecule has 88 valence electrons. The molecule has 0 rings (SSSR count). The normalized spacial score (nSPS) is 15.8. The molecule has 0 aliphatic carbocycles. The van der Waals surface area contributed by atoms with Crippen LogP contribution in [0.1, 0.15) is 40.0 Å². The van der Waals surface area contributed by atoms with Gasteiger partial charge in [-0.15, -0.1) is 6.58 Å². The fourth-order valence-electron chi connectivity index (χ4n) is 1.79. The first-order valence-electron chi connectivity index (χ1n) is 6.09. The van der Waals surface area contributed by atoms with Crippen molar-refractivity contribution in [1.29, 1.82) is 0 Å². The molecule has 0 aromatic heterocycles. The van der Waals surface area contributed by atoms with Gasteiger partial charge in [0.05, 0.1) is 0 Å². The van der Waals surface area contributed by atoms with Crippen LogP contribution in [0.25, 0.3) is 0 Å². The van der Waals surface area contributed by atoms with Crippen LogP contribution >= 0.6 is 0 Å². The second kappa shape index (κ2) is 8.72. The average Bonchev–Trinajstić information content (AvgIpc) is 2.24. The molecule has 2 atom stereocenters. The summed E-state index contributed by atoms with van der Waals surface area (Å²) in [7, 11) is 2.20. The van der Waals surface area contributed by atoms with E-state index in [4.69, 9.17) is 0 Å². The van der Waals surface area contributed by atoms with E-state index in [-0.39, 0.29) is 0 Å². The molecule has 0 aliphatic heterocycles. The molecular weight excluding hydrogens is 182 g/mol. The molecule has 0 amide bonds. The van der Waals surface area contributed by atoms with Crippen molar-refractivity contribution < 1.29 is 0 Å². The van der Waals surface area contributed by atoms with Gasteiger partial charge in [0.25, 0.3) is 0 Å². The van der Waals surface area contributed by atoms with Crippen molar-refractivity contribution >= 4 is 0 Å². The number of allylic oxidation sites excluding steroid dienone is 2. The Morgan fingerprint density at radius 1 is 1.40 bits per heavy atom. The first-order valence-corrected chi connectivity index (χ1v) is 6.09. The summed E-state index contributed by atoms with van der Waals surface area (Å²) in [5.74, 6) is 0.776. The highest BCUT2D eigenvalue weighted by Crippen LogP contribution is 2.17. The summed E-state index contributed by atoms with van der Waals surface area (Å²) in [6.45, 7) is 11.5. The molecular formula is C14H27N. The van der Waals surface area contributed by atoms with Crippen molar-refractivity contribution in [2.24, 2.45) is 5.92 Å². The quantitative estimate of drug-likeness (QED) is 0.548. The molecule has 2 unspecified atom stereocenters. The third-order valence-electron chi connectivity index (χ3n) is 2.99. The minimum Gasteiger partial charge on any atom is -0.300 e. The molecule has 0 saturated carbocycles. The Morgan fingerprint density at radius 3 is 2.53 bits per heavy atom. The van der Waals surface area contributed by atoms with E-state index in [1.54, 1.807) is 0 Å². The van der Waals surface area contributed by atoms with Gasteiger partial charge in [0, 0.05) is 6.04 Å². The summed E-state index contributed by atoms with van der Waals surface area (Å²) in [6.07, 6.45) is 10.1. The van der Waals surface area contributed by atoms with Crippen molar-refractivity contribution in [2.45, 2.75) is 46.1 Å². The average molecular weight is 209 g/mol. The fraction of sp³-hybridized carbons (Fsp3) is 0.714. The lowest BCUT2D eigenvalue weighted by molar-refractivity contribution is 0.255. The highest BCUT2D eigenvalue weighted by atomic mass is 15.1. The van der Waals surface area contributed by atoms with Gasteiger partial charge in [-0.3, -0.25) is 0 Å². The zero-order valence-electron chi connectivity index (χ0n) is 10.9. The molecule has 0 aromatic carbocycles. The third-order valence-corrected chi connectivity index (χ3v) is 2.99. The van der Waals surface area contributed by atoms with E-state index in [1.807, 2.05) is 6.08 Å². The number of nitrogens with zero attached hydrogens (tertiary/aromatic N) is 1. The van der Waals surface area contributed by atoms with Gasteiger partial charge in [-0.2, -0.15) is 0 Å². The van der Waals surface area contributed by atoms with Crippen LogP contribution in [0.3, 0.4) is 0 Å². The predicted octanol–water partition coefficient (Wildman–Crippen LogP) is 3.88. The second-order valence-electron chi connectivity index (χ2n) is 4.37. The highest BCUT2D eigenvalue weighted by molar-refractivity contribution is 4.92. The predicted molar refractivity (Wildman–Crippen MR) is 70.1 cm³/mol. The fourth-order valence-corrected chi connectivity index (χ4v) is 1.79. The van der Waals surface area contributed by atoms with Crippen molar-refractivity contribution in [3.63, 3.8) is 0 Å². The molecule has 0 N–H and O–H groups in total. The Labute approximate surface area is 95.9 Å². The van der Waals surface area contributed by atoms with Crippen LogP contribution in [0.4, 0.5) is 0 Å². The van der Waals surface area contributed by atoms with E-state index in [1.165, 1.54) is 12.8 Å². The van der Waals surface area contributed by atoms with E-state index in [2.05, 4.69) is 51.4 Å².